The average molecular weight is 667 g/mol. The maximum atomic E-state index is 12.8. The first-order valence-electron chi connectivity index (χ1n) is 15.3. The molecule has 222 valence electrons. The number of carbonyl (C=O) groups is 2. The van der Waals surface area contributed by atoms with Crippen LogP contribution in [0.4, 0.5) is 0 Å². The van der Waals surface area contributed by atoms with Crippen molar-refractivity contribution in [2.75, 3.05) is 7.11 Å². The molecule has 6 nitrogen and oxygen atoms in total. The molecule has 0 aliphatic heterocycles. The van der Waals surface area contributed by atoms with Crippen molar-refractivity contribution >= 4 is 34.5 Å². The molecular weight excluding hydrogens is 619 g/mol. The highest BCUT2D eigenvalue weighted by Gasteiger charge is 2.65. The molecule has 1 aromatic rings. The summed E-state index contributed by atoms with van der Waals surface area (Å²) in [4.78, 5) is 24.6. The number of halogens is 1. The fraction of sp³-hybridized carbons (Fsp3) is 0.758. The van der Waals surface area contributed by atoms with Crippen LogP contribution in [0.25, 0.3) is 0 Å². The minimum atomic E-state index is -0.418. The zero-order valence-electron chi connectivity index (χ0n) is 24.5. The number of hydrogen-bond donors (Lipinski definition) is 2. The van der Waals surface area contributed by atoms with Crippen molar-refractivity contribution in [3.8, 4) is 0 Å². The van der Waals surface area contributed by atoms with Gasteiger partial charge in [0.1, 0.15) is 6.10 Å². The predicted octanol–water partition coefficient (Wildman–Crippen LogP) is 5.94. The van der Waals surface area contributed by atoms with Crippen LogP contribution >= 0.6 is 22.6 Å². The first kappa shape index (κ1) is 30.3. The van der Waals surface area contributed by atoms with Gasteiger partial charge in [-0.1, -0.05) is 32.9 Å². The molecule has 0 aromatic heterocycles. The van der Waals surface area contributed by atoms with Crippen LogP contribution in [0.2, 0.25) is 0 Å². The van der Waals surface area contributed by atoms with Gasteiger partial charge in [-0.05, 0) is 138 Å². The summed E-state index contributed by atoms with van der Waals surface area (Å²) in [5, 5.41) is 23.5. The van der Waals surface area contributed by atoms with Crippen molar-refractivity contribution in [2.45, 2.75) is 103 Å². The average Bonchev–Trinajstić information content (AvgIpc) is 3.27. The molecular formula is C33H47IO6. The summed E-state index contributed by atoms with van der Waals surface area (Å²) < 4.78 is 12.0. The van der Waals surface area contributed by atoms with Crippen LogP contribution in [0.3, 0.4) is 0 Å². The van der Waals surface area contributed by atoms with E-state index in [1.165, 1.54) is 7.11 Å². The number of fused-ring (bicyclic) bond motifs is 5. The van der Waals surface area contributed by atoms with Crippen LogP contribution in [-0.4, -0.2) is 47.6 Å². The van der Waals surface area contributed by atoms with Gasteiger partial charge in [-0.15, -0.1) is 0 Å². The van der Waals surface area contributed by atoms with Gasteiger partial charge in [0.05, 0.1) is 25.7 Å². The van der Waals surface area contributed by atoms with Gasteiger partial charge in [0.15, 0.2) is 0 Å². The Bertz CT molecular complexity index is 1090. The quantitative estimate of drug-likeness (QED) is 0.277. The SMILES string of the molecule is COC(=O)CC[C@@H](C)[C@H]1CC[C@H]2[C@@H]3[C@H](O)CC4C[C@H](OC(=O)Cc5cccc(I)c5)CC[C@]4(C)[C@H]3C[C@H](O)[C@]12C. The number of rotatable bonds is 7. The molecule has 4 aliphatic rings. The number of carbonyl (C=O) groups excluding carboxylic acids is 2. The highest BCUT2D eigenvalue weighted by atomic mass is 127. The van der Waals surface area contributed by atoms with Gasteiger partial charge in [0.2, 0.25) is 0 Å². The van der Waals surface area contributed by atoms with Crippen molar-refractivity contribution in [2.24, 2.45) is 46.3 Å². The molecule has 0 heterocycles. The van der Waals surface area contributed by atoms with Crippen molar-refractivity contribution in [1.82, 2.24) is 0 Å². The largest absolute Gasteiger partial charge is 0.469 e. The summed E-state index contributed by atoms with van der Waals surface area (Å²) in [6.45, 7) is 6.86. The van der Waals surface area contributed by atoms with Crippen molar-refractivity contribution in [3.05, 3.63) is 33.4 Å². The molecule has 0 amide bonds. The molecule has 1 unspecified atom stereocenters. The zero-order chi connectivity index (χ0) is 28.8. The van der Waals surface area contributed by atoms with Crippen LogP contribution in [0, 0.1) is 49.9 Å². The molecule has 4 fully saturated rings. The lowest BCUT2D eigenvalue weighted by atomic mass is 9.43. The fourth-order valence-electron chi connectivity index (χ4n) is 9.91. The molecule has 5 rings (SSSR count). The van der Waals surface area contributed by atoms with Crippen LogP contribution in [0.15, 0.2) is 24.3 Å². The molecule has 4 aliphatic carbocycles. The number of aliphatic hydroxyl groups is 2. The second-order valence-electron chi connectivity index (χ2n) is 13.9. The summed E-state index contributed by atoms with van der Waals surface area (Å²) in [5.74, 6) is 1.31. The second kappa shape index (κ2) is 11.8. The Labute approximate surface area is 253 Å². The summed E-state index contributed by atoms with van der Waals surface area (Å²) >= 11 is 2.26. The fourth-order valence-corrected chi connectivity index (χ4v) is 10.5. The van der Waals surface area contributed by atoms with E-state index in [1.54, 1.807) is 0 Å². The highest BCUT2D eigenvalue weighted by molar-refractivity contribution is 14.1. The summed E-state index contributed by atoms with van der Waals surface area (Å²) in [6, 6.07) is 7.97. The molecule has 0 bridgehead atoms. The smallest absolute Gasteiger partial charge is 0.310 e. The van der Waals surface area contributed by atoms with Crippen LogP contribution in [-0.2, 0) is 25.5 Å². The topological polar surface area (TPSA) is 93.1 Å². The standard InChI is InChI=1S/C33H47IO6/c1-19(8-11-29(37)39-4)24-9-10-25-31-26(18-28(36)33(24,25)3)32(2)13-12-23(16-21(32)17-27(31)35)40-30(38)15-20-6-5-7-22(34)14-20/h5-7,14,19,21,23-28,31,35-36H,8-13,15-18H2,1-4H3/t19-,21?,23-,24-,25+,26+,27-,28+,31+,32+,33-/m1/s1. The third-order valence-electron chi connectivity index (χ3n) is 12.1. The highest BCUT2D eigenvalue weighted by Crippen LogP contribution is 2.68. The Hall–Kier alpha value is -1.19. The van der Waals surface area contributed by atoms with Crippen molar-refractivity contribution in [1.29, 1.82) is 0 Å². The van der Waals surface area contributed by atoms with Gasteiger partial charge in [-0.2, -0.15) is 0 Å². The Morgan fingerprint density at radius 2 is 1.85 bits per heavy atom. The maximum Gasteiger partial charge on any atom is 0.310 e. The lowest BCUT2D eigenvalue weighted by molar-refractivity contribution is -0.209. The van der Waals surface area contributed by atoms with E-state index < -0.39 is 12.2 Å². The summed E-state index contributed by atoms with van der Waals surface area (Å²) in [6.07, 6.45) is 6.67. The molecule has 2 N–H and O–H groups in total. The van der Waals surface area contributed by atoms with Gasteiger partial charge in [-0.3, -0.25) is 9.59 Å². The molecule has 40 heavy (non-hydrogen) atoms. The van der Waals surface area contributed by atoms with E-state index in [4.69, 9.17) is 9.47 Å². The van der Waals surface area contributed by atoms with E-state index in [9.17, 15) is 19.8 Å². The van der Waals surface area contributed by atoms with E-state index >= 15 is 0 Å². The Balaban J connectivity index is 1.26. The molecule has 0 saturated heterocycles. The molecule has 7 heteroatoms. The maximum absolute atomic E-state index is 12.8. The van der Waals surface area contributed by atoms with Gasteiger partial charge in [-0.25, -0.2) is 0 Å². The Morgan fingerprint density at radius 1 is 1.07 bits per heavy atom. The predicted molar refractivity (Wildman–Crippen MR) is 161 cm³/mol. The van der Waals surface area contributed by atoms with E-state index in [-0.39, 0.29) is 59.0 Å². The molecule has 1 aromatic carbocycles. The monoisotopic (exact) mass is 666 g/mol. The zero-order valence-corrected chi connectivity index (χ0v) is 26.6. The Kier molecular flexibility index (Phi) is 8.95. The lowest BCUT2D eigenvalue weighted by Gasteiger charge is -2.63. The van der Waals surface area contributed by atoms with Crippen LogP contribution < -0.4 is 0 Å². The number of hydrogen-bond acceptors (Lipinski definition) is 6. The van der Waals surface area contributed by atoms with E-state index in [0.717, 1.165) is 60.5 Å². The molecule has 0 radical (unpaired) electrons. The van der Waals surface area contributed by atoms with Crippen molar-refractivity contribution < 1.29 is 29.3 Å². The number of methoxy groups -OCH3 is 1. The van der Waals surface area contributed by atoms with E-state index in [0.29, 0.717) is 18.3 Å². The minimum absolute atomic E-state index is 0.0270. The number of benzene rings is 1. The third kappa shape index (κ3) is 5.48. The van der Waals surface area contributed by atoms with Crippen molar-refractivity contribution in [3.63, 3.8) is 0 Å². The van der Waals surface area contributed by atoms with Gasteiger partial charge < -0.3 is 19.7 Å². The third-order valence-corrected chi connectivity index (χ3v) is 12.7. The Morgan fingerprint density at radius 3 is 2.58 bits per heavy atom. The normalized spacial score (nSPS) is 41.3. The first-order valence-corrected chi connectivity index (χ1v) is 16.4. The minimum Gasteiger partial charge on any atom is -0.469 e. The lowest BCUT2D eigenvalue weighted by Crippen LogP contribution is -2.62. The molecule has 0 spiro atoms. The number of ether oxygens (including phenoxy) is 2. The van der Waals surface area contributed by atoms with Crippen LogP contribution in [0.5, 0.6) is 0 Å². The van der Waals surface area contributed by atoms with Gasteiger partial charge >= 0.3 is 11.9 Å². The molecule has 11 atom stereocenters. The van der Waals surface area contributed by atoms with E-state index in [2.05, 4.69) is 43.4 Å². The summed E-state index contributed by atoms with van der Waals surface area (Å²) in [5.41, 5.74) is 0.754. The van der Waals surface area contributed by atoms with Gasteiger partial charge in [0.25, 0.3) is 0 Å². The first-order chi connectivity index (χ1) is 19.0. The number of aliphatic hydroxyl groups excluding tert-OH is 2. The van der Waals surface area contributed by atoms with Crippen LogP contribution in [0.1, 0.15) is 84.1 Å². The van der Waals surface area contributed by atoms with E-state index in [1.807, 2.05) is 24.3 Å². The number of esters is 2. The second-order valence-corrected chi connectivity index (χ2v) is 15.1. The molecule has 4 saturated carbocycles. The summed E-state index contributed by atoms with van der Waals surface area (Å²) in [7, 11) is 1.44. The van der Waals surface area contributed by atoms with Gasteiger partial charge in [0, 0.05) is 9.99 Å².